The minimum atomic E-state index is 0.286. The molecule has 0 saturated heterocycles. The molecule has 0 amide bonds. The van der Waals surface area contributed by atoms with Gasteiger partial charge in [-0.25, -0.2) is 9.98 Å². The molecule has 1 fully saturated rings. The van der Waals surface area contributed by atoms with Gasteiger partial charge in [-0.1, -0.05) is 18.6 Å². The van der Waals surface area contributed by atoms with Crippen molar-refractivity contribution in [1.29, 1.82) is 0 Å². The predicted molar refractivity (Wildman–Crippen MR) is 91.0 cm³/mol. The summed E-state index contributed by atoms with van der Waals surface area (Å²) < 4.78 is 11.9. The standard InChI is InChI=1S/C18H16N2O2S/c1-3-7-13-11(5-1)19-17(21-13)15-9-10-16(23-15)18-20-12-6-2-4-8-14(12)22-18/h1,3,5,7,9-10,12,14H,2,4,6,8H2. The quantitative estimate of drug-likeness (QED) is 0.689. The van der Waals surface area contributed by atoms with Crippen LogP contribution >= 0.6 is 11.3 Å². The zero-order valence-corrected chi connectivity index (χ0v) is 13.4. The van der Waals surface area contributed by atoms with Gasteiger partial charge in [-0.3, -0.25) is 0 Å². The molecule has 1 aliphatic carbocycles. The lowest BCUT2D eigenvalue weighted by molar-refractivity contribution is 0.153. The number of rotatable bonds is 2. The van der Waals surface area contributed by atoms with E-state index in [1.165, 1.54) is 12.8 Å². The summed E-state index contributed by atoms with van der Waals surface area (Å²) in [7, 11) is 0. The molecular formula is C18H16N2O2S. The van der Waals surface area contributed by atoms with E-state index in [1.807, 2.05) is 30.3 Å². The van der Waals surface area contributed by atoms with Gasteiger partial charge in [-0.05, 0) is 43.5 Å². The van der Waals surface area contributed by atoms with Crippen LogP contribution in [0.25, 0.3) is 21.9 Å². The summed E-state index contributed by atoms with van der Waals surface area (Å²) in [5, 5.41) is 0. The van der Waals surface area contributed by atoms with E-state index in [-0.39, 0.29) is 6.10 Å². The van der Waals surface area contributed by atoms with E-state index in [1.54, 1.807) is 11.3 Å². The first-order valence-electron chi connectivity index (χ1n) is 8.07. The fraction of sp³-hybridized carbons (Fsp3) is 0.333. The second-order valence-corrected chi connectivity index (χ2v) is 7.18. The van der Waals surface area contributed by atoms with Crippen molar-refractivity contribution in [2.75, 3.05) is 0 Å². The van der Waals surface area contributed by atoms with Gasteiger partial charge in [0.15, 0.2) is 5.58 Å². The Labute approximate surface area is 137 Å². The van der Waals surface area contributed by atoms with E-state index in [0.717, 1.165) is 39.6 Å². The molecule has 0 radical (unpaired) electrons. The number of thiophene rings is 1. The maximum Gasteiger partial charge on any atom is 0.237 e. The molecule has 4 nitrogen and oxygen atoms in total. The number of para-hydroxylation sites is 2. The van der Waals surface area contributed by atoms with Crippen LogP contribution in [0.5, 0.6) is 0 Å². The Morgan fingerprint density at radius 1 is 1.00 bits per heavy atom. The lowest BCUT2D eigenvalue weighted by Crippen LogP contribution is -2.25. The molecule has 2 unspecified atom stereocenters. The van der Waals surface area contributed by atoms with Gasteiger partial charge >= 0.3 is 0 Å². The maximum absolute atomic E-state index is 6.07. The Bertz CT molecular complexity index is 862. The maximum atomic E-state index is 6.07. The number of hydrogen-bond acceptors (Lipinski definition) is 5. The average molecular weight is 324 g/mol. The van der Waals surface area contributed by atoms with Crippen molar-refractivity contribution in [2.24, 2.45) is 4.99 Å². The van der Waals surface area contributed by atoms with Gasteiger partial charge in [0.05, 0.1) is 15.8 Å². The normalized spacial score (nSPS) is 23.6. The Balaban J connectivity index is 1.46. The third kappa shape index (κ3) is 2.27. The highest BCUT2D eigenvalue weighted by Crippen LogP contribution is 2.34. The summed E-state index contributed by atoms with van der Waals surface area (Å²) in [6.45, 7) is 0. The topological polar surface area (TPSA) is 47.6 Å². The molecular weight excluding hydrogens is 308 g/mol. The van der Waals surface area contributed by atoms with Crippen LogP contribution in [0.15, 0.2) is 45.8 Å². The van der Waals surface area contributed by atoms with Crippen molar-refractivity contribution >= 4 is 28.3 Å². The molecule has 23 heavy (non-hydrogen) atoms. The molecule has 5 heteroatoms. The minimum absolute atomic E-state index is 0.286. The van der Waals surface area contributed by atoms with Gasteiger partial charge < -0.3 is 9.15 Å². The monoisotopic (exact) mass is 324 g/mol. The van der Waals surface area contributed by atoms with Crippen LogP contribution in [0.4, 0.5) is 0 Å². The van der Waals surface area contributed by atoms with Crippen LogP contribution in [0.3, 0.4) is 0 Å². The Morgan fingerprint density at radius 3 is 2.78 bits per heavy atom. The summed E-state index contributed by atoms with van der Waals surface area (Å²) in [5.41, 5.74) is 1.70. The Kier molecular flexibility index (Phi) is 3.01. The van der Waals surface area contributed by atoms with Crippen LogP contribution in [-0.2, 0) is 4.74 Å². The van der Waals surface area contributed by atoms with Gasteiger partial charge in [-0.2, -0.15) is 0 Å². The molecule has 3 heterocycles. The third-order valence-electron chi connectivity index (χ3n) is 4.54. The van der Waals surface area contributed by atoms with Gasteiger partial charge in [0.25, 0.3) is 0 Å². The van der Waals surface area contributed by atoms with Crippen molar-refractivity contribution in [3.63, 3.8) is 0 Å². The molecule has 2 aromatic heterocycles. The smallest absolute Gasteiger partial charge is 0.237 e. The number of fused-ring (bicyclic) bond motifs is 2. The summed E-state index contributed by atoms with van der Waals surface area (Å²) in [6, 6.07) is 12.3. The van der Waals surface area contributed by atoms with E-state index >= 15 is 0 Å². The van der Waals surface area contributed by atoms with E-state index in [0.29, 0.717) is 11.9 Å². The number of aliphatic imine (C=N–C) groups is 1. The number of aromatic nitrogens is 1. The van der Waals surface area contributed by atoms with Gasteiger partial charge in [-0.15, -0.1) is 11.3 Å². The molecule has 2 aliphatic rings. The molecule has 5 rings (SSSR count). The molecule has 0 N–H and O–H groups in total. The predicted octanol–water partition coefficient (Wildman–Crippen LogP) is 4.64. The zero-order valence-electron chi connectivity index (χ0n) is 12.6. The number of ether oxygens (including phenoxy) is 1. The van der Waals surface area contributed by atoms with E-state index in [4.69, 9.17) is 14.1 Å². The Morgan fingerprint density at radius 2 is 1.87 bits per heavy atom. The van der Waals surface area contributed by atoms with Crippen LogP contribution in [0, 0.1) is 0 Å². The van der Waals surface area contributed by atoms with E-state index in [9.17, 15) is 0 Å². The summed E-state index contributed by atoms with van der Waals surface area (Å²) in [6.07, 6.45) is 5.08. The second kappa shape index (κ2) is 5.20. The summed E-state index contributed by atoms with van der Waals surface area (Å²) >= 11 is 1.63. The highest BCUT2D eigenvalue weighted by atomic mass is 32.1. The SMILES string of the molecule is c1ccc2oc(-c3ccc(C4=NC5CCCCC5O4)s3)nc2c1. The van der Waals surface area contributed by atoms with Crippen LogP contribution in [0.2, 0.25) is 0 Å². The lowest BCUT2D eigenvalue weighted by Gasteiger charge is -2.21. The van der Waals surface area contributed by atoms with Gasteiger partial charge in [0.1, 0.15) is 11.6 Å². The molecule has 1 aromatic carbocycles. The molecule has 1 saturated carbocycles. The highest BCUT2D eigenvalue weighted by Gasteiger charge is 2.34. The highest BCUT2D eigenvalue weighted by molar-refractivity contribution is 7.17. The van der Waals surface area contributed by atoms with Crippen LogP contribution < -0.4 is 0 Å². The fourth-order valence-corrected chi connectivity index (χ4v) is 4.23. The van der Waals surface area contributed by atoms with Crippen molar-refractivity contribution < 1.29 is 9.15 Å². The summed E-state index contributed by atoms with van der Waals surface area (Å²) in [5.74, 6) is 1.47. The summed E-state index contributed by atoms with van der Waals surface area (Å²) in [4.78, 5) is 11.4. The number of oxazole rings is 1. The van der Waals surface area contributed by atoms with E-state index in [2.05, 4.69) is 11.1 Å². The molecule has 3 aromatic rings. The van der Waals surface area contributed by atoms with Gasteiger partial charge in [0, 0.05) is 0 Å². The van der Waals surface area contributed by atoms with Crippen LogP contribution in [0.1, 0.15) is 30.6 Å². The molecule has 116 valence electrons. The first kappa shape index (κ1) is 13.3. The number of hydrogen-bond donors (Lipinski definition) is 0. The second-order valence-electron chi connectivity index (χ2n) is 6.09. The third-order valence-corrected chi connectivity index (χ3v) is 5.60. The first-order valence-corrected chi connectivity index (χ1v) is 8.89. The minimum Gasteiger partial charge on any atom is -0.471 e. The molecule has 1 aliphatic heterocycles. The Hall–Kier alpha value is -2.14. The van der Waals surface area contributed by atoms with Crippen molar-refractivity contribution in [3.8, 4) is 10.8 Å². The number of benzene rings is 1. The lowest BCUT2D eigenvalue weighted by atomic mass is 9.94. The zero-order chi connectivity index (χ0) is 15.2. The average Bonchev–Trinajstić information content (AvgIpc) is 3.30. The van der Waals surface area contributed by atoms with E-state index < -0.39 is 0 Å². The van der Waals surface area contributed by atoms with Crippen LogP contribution in [-0.4, -0.2) is 23.0 Å². The first-order chi connectivity index (χ1) is 11.4. The molecule has 0 spiro atoms. The van der Waals surface area contributed by atoms with Crippen molar-refractivity contribution in [3.05, 3.63) is 41.3 Å². The number of nitrogens with zero attached hydrogens (tertiary/aromatic N) is 2. The van der Waals surface area contributed by atoms with Crippen molar-refractivity contribution in [1.82, 2.24) is 4.98 Å². The van der Waals surface area contributed by atoms with Crippen molar-refractivity contribution in [2.45, 2.75) is 37.8 Å². The molecule has 2 atom stereocenters. The molecule has 0 bridgehead atoms. The largest absolute Gasteiger partial charge is 0.471 e. The fourth-order valence-electron chi connectivity index (χ4n) is 3.35. The van der Waals surface area contributed by atoms with Gasteiger partial charge in [0.2, 0.25) is 11.8 Å².